The second-order valence-corrected chi connectivity index (χ2v) is 10.2. The van der Waals surface area contributed by atoms with Crippen LogP contribution in [-0.4, -0.2) is 40.4 Å². The van der Waals surface area contributed by atoms with Gasteiger partial charge in [0.15, 0.2) is 0 Å². The highest BCUT2D eigenvalue weighted by atomic mass is 32.2. The Bertz CT molecular complexity index is 1250. The predicted molar refractivity (Wildman–Crippen MR) is 120 cm³/mol. The average Bonchev–Trinajstić information content (AvgIpc) is 3.12. The molecule has 1 atom stereocenters. The minimum atomic E-state index is -5.67. The molecule has 0 aliphatic carbocycles. The third-order valence-corrected chi connectivity index (χ3v) is 7.47. The van der Waals surface area contributed by atoms with Crippen molar-refractivity contribution in [2.24, 2.45) is 7.05 Å². The van der Waals surface area contributed by atoms with Gasteiger partial charge in [0.1, 0.15) is 5.82 Å². The molecule has 3 aromatic rings. The molecule has 0 fully saturated rings. The van der Waals surface area contributed by atoms with Crippen molar-refractivity contribution in [2.75, 3.05) is 11.4 Å². The molecular weight excluding hydrogens is 472 g/mol. The number of halogens is 4. The van der Waals surface area contributed by atoms with E-state index in [-0.39, 0.29) is 12.1 Å². The SMILES string of the molecule is Cn1cnc(CN2c3cccc(F)c3CN(S(=O)(=O)C(F)(F)F)C[C@H]2CCc2ccccc2)c1. The van der Waals surface area contributed by atoms with Crippen LogP contribution in [0.3, 0.4) is 0 Å². The molecule has 2 heterocycles. The second kappa shape index (κ2) is 9.38. The van der Waals surface area contributed by atoms with Gasteiger partial charge in [0.05, 0.1) is 18.6 Å². The highest BCUT2D eigenvalue weighted by Gasteiger charge is 2.51. The van der Waals surface area contributed by atoms with Crippen LogP contribution in [0, 0.1) is 5.82 Å². The van der Waals surface area contributed by atoms with E-state index in [1.807, 2.05) is 30.3 Å². The Labute approximate surface area is 195 Å². The highest BCUT2D eigenvalue weighted by molar-refractivity contribution is 7.89. The molecule has 1 aliphatic heterocycles. The first-order valence-corrected chi connectivity index (χ1v) is 12.1. The quantitative estimate of drug-likeness (QED) is 0.480. The number of hydrogen-bond acceptors (Lipinski definition) is 4. The molecule has 0 bridgehead atoms. The van der Waals surface area contributed by atoms with Gasteiger partial charge in [0.25, 0.3) is 0 Å². The van der Waals surface area contributed by atoms with Gasteiger partial charge in [0, 0.05) is 43.6 Å². The number of alkyl halides is 3. The van der Waals surface area contributed by atoms with Crippen molar-refractivity contribution in [1.82, 2.24) is 13.9 Å². The Morgan fingerprint density at radius 2 is 1.82 bits per heavy atom. The summed E-state index contributed by atoms with van der Waals surface area (Å²) in [4.78, 5) is 6.08. The largest absolute Gasteiger partial charge is 0.511 e. The number of imidazole rings is 1. The molecule has 2 aromatic carbocycles. The van der Waals surface area contributed by atoms with Gasteiger partial charge in [-0.15, -0.1) is 0 Å². The molecule has 4 rings (SSSR count). The maximum absolute atomic E-state index is 14.9. The first kappa shape index (κ1) is 24.2. The van der Waals surface area contributed by atoms with Crippen molar-refractivity contribution < 1.29 is 26.0 Å². The molecule has 1 aromatic heterocycles. The van der Waals surface area contributed by atoms with Gasteiger partial charge in [-0.3, -0.25) is 0 Å². The van der Waals surface area contributed by atoms with E-state index in [2.05, 4.69) is 4.98 Å². The lowest BCUT2D eigenvalue weighted by Crippen LogP contribution is -2.47. The van der Waals surface area contributed by atoms with E-state index in [1.165, 1.54) is 6.07 Å². The number of nitrogens with zero attached hydrogens (tertiary/aromatic N) is 4. The van der Waals surface area contributed by atoms with Crippen LogP contribution in [0.5, 0.6) is 0 Å². The van der Waals surface area contributed by atoms with Gasteiger partial charge in [-0.2, -0.15) is 17.5 Å². The Balaban J connectivity index is 1.78. The van der Waals surface area contributed by atoms with E-state index in [0.29, 0.717) is 28.5 Å². The highest BCUT2D eigenvalue weighted by Crippen LogP contribution is 2.36. The van der Waals surface area contributed by atoms with Gasteiger partial charge in [0.2, 0.25) is 0 Å². The number of aryl methyl sites for hydroxylation is 2. The zero-order chi connectivity index (χ0) is 24.5. The van der Waals surface area contributed by atoms with E-state index in [1.54, 1.807) is 35.1 Å². The lowest BCUT2D eigenvalue weighted by Gasteiger charge is -2.34. The van der Waals surface area contributed by atoms with Crippen LogP contribution in [0.2, 0.25) is 0 Å². The summed E-state index contributed by atoms with van der Waals surface area (Å²) in [7, 11) is -3.88. The van der Waals surface area contributed by atoms with Gasteiger partial charge in [-0.05, 0) is 30.5 Å². The van der Waals surface area contributed by atoms with Crippen molar-refractivity contribution in [3.05, 3.63) is 83.7 Å². The molecule has 6 nitrogen and oxygen atoms in total. The van der Waals surface area contributed by atoms with Crippen LogP contribution >= 0.6 is 0 Å². The van der Waals surface area contributed by atoms with Crippen LogP contribution in [0.4, 0.5) is 23.2 Å². The van der Waals surface area contributed by atoms with Crippen molar-refractivity contribution in [1.29, 1.82) is 0 Å². The smallest absolute Gasteiger partial charge is 0.361 e. The number of sulfonamides is 1. The summed E-state index contributed by atoms with van der Waals surface area (Å²) in [6, 6.07) is 12.9. The number of anilines is 1. The van der Waals surface area contributed by atoms with Gasteiger partial charge in [-0.25, -0.2) is 17.8 Å². The van der Waals surface area contributed by atoms with E-state index in [0.717, 1.165) is 11.6 Å². The van der Waals surface area contributed by atoms with E-state index in [9.17, 15) is 26.0 Å². The Morgan fingerprint density at radius 1 is 1.09 bits per heavy atom. The Kier molecular flexibility index (Phi) is 6.68. The van der Waals surface area contributed by atoms with Crippen LogP contribution in [-0.2, 0) is 36.6 Å². The molecule has 1 aliphatic rings. The molecular formula is C23H24F4N4O2S. The molecule has 182 valence electrons. The molecule has 11 heteroatoms. The molecule has 0 spiro atoms. The summed E-state index contributed by atoms with van der Waals surface area (Å²) in [6.07, 6.45) is 4.23. The lowest BCUT2D eigenvalue weighted by atomic mass is 10.0. The Morgan fingerprint density at radius 3 is 2.47 bits per heavy atom. The summed E-state index contributed by atoms with van der Waals surface area (Å²) in [5.74, 6) is -0.755. The number of rotatable bonds is 6. The molecule has 0 radical (unpaired) electrons. The molecule has 0 unspecified atom stereocenters. The summed E-state index contributed by atoms with van der Waals surface area (Å²) in [6.45, 7) is -0.948. The van der Waals surface area contributed by atoms with Crippen LogP contribution < -0.4 is 4.90 Å². The normalized spacial score (nSPS) is 17.4. The fourth-order valence-corrected chi connectivity index (χ4v) is 5.20. The first-order valence-electron chi connectivity index (χ1n) is 10.7. The minimum Gasteiger partial charge on any atom is -0.361 e. The van der Waals surface area contributed by atoms with E-state index < -0.39 is 40.5 Å². The van der Waals surface area contributed by atoms with Crippen LogP contribution in [0.1, 0.15) is 23.2 Å². The standard InChI is InChI=1S/C23H24F4N4O2S/c1-29-12-18(28-16-29)13-31-19(11-10-17-6-3-2-4-7-17)14-30(34(32,33)23(25,26)27)15-20-21(24)8-5-9-22(20)31/h2-9,12,16,19H,10-11,13-15H2,1H3/t19-/m1/s1. The first-order chi connectivity index (χ1) is 16.1. The predicted octanol–water partition coefficient (Wildman–Crippen LogP) is 4.23. The number of aromatic nitrogens is 2. The van der Waals surface area contributed by atoms with E-state index >= 15 is 0 Å². The van der Waals surface area contributed by atoms with Gasteiger partial charge < -0.3 is 9.47 Å². The fourth-order valence-electron chi connectivity index (χ4n) is 4.24. The summed E-state index contributed by atoms with van der Waals surface area (Å²) >= 11 is 0. The fraction of sp³-hybridized carbons (Fsp3) is 0.348. The molecule has 0 amide bonds. The van der Waals surface area contributed by atoms with Crippen molar-refractivity contribution >= 4 is 15.7 Å². The average molecular weight is 497 g/mol. The van der Waals surface area contributed by atoms with Gasteiger partial charge in [-0.1, -0.05) is 36.4 Å². The maximum atomic E-state index is 14.9. The third kappa shape index (κ3) is 4.95. The topological polar surface area (TPSA) is 58.4 Å². The van der Waals surface area contributed by atoms with Crippen molar-refractivity contribution in [3.8, 4) is 0 Å². The van der Waals surface area contributed by atoms with E-state index in [4.69, 9.17) is 0 Å². The minimum absolute atomic E-state index is 0.0894. The number of benzene rings is 2. The number of hydrogen-bond donors (Lipinski definition) is 0. The zero-order valence-corrected chi connectivity index (χ0v) is 19.2. The summed E-state index contributed by atoms with van der Waals surface area (Å²) < 4.78 is 82.3. The summed E-state index contributed by atoms with van der Waals surface area (Å²) in [5, 5.41) is 0. The summed E-state index contributed by atoms with van der Waals surface area (Å²) in [5.41, 5.74) is -3.61. The van der Waals surface area contributed by atoms with Gasteiger partial charge >= 0.3 is 15.5 Å². The van der Waals surface area contributed by atoms with Crippen molar-refractivity contribution in [2.45, 2.75) is 37.5 Å². The molecule has 0 N–H and O–H groups in total. The second-order valence-electron chi connectivity index (χ2n) is 8.32. The molecule has 34 heavy (non-hydrogen) atoms. The monoisotopic (exact) mass is 496 g/mol. The number of fused-ring (bicyclic) bond motifs is 1. The van der Waals surface area contributed by atoms with Crippen LogP contribution in [0.15, 0.2) is 61.1 Å². The van der Waals surface area contributed by atoms with Crippen LogP contribution in [0.25, 0.3) is 0 Å². The zero-order valence-electron chi connectivity index (χ0n) is 18.4. The third-order valence-electron chi connectivity index (χ3n) is 5.93. The molecule has 0 saturated heterocycles. The maximum Gasteiger partial charge on any atom is 0.511 e. The molecule has 0 saturated carbocycles. The Hall–Kier alpha value is -2.92. The van der Waals surface area contributed by atoms with Crippen molar-refractivity contribution in [3.63, 3.8) is 0 Å². The lowest BCUT2D eigenvalue weighted by molar-refractivity contribution is -0.0492.